The zero-order valence-corrected chi connectivity index (χ0v) is 16.0. The summed E-state index contributed by atoms with van der Waals surface area (Å²) in [5, 5.41) is 30.0. The average molecular weight is 275 g/mol. The van der Waals surface area contributed by atoms with Crippen LogP contribution in [0.25, 0.3) is 0 Å². The van der Waals surface area contributed by atoms with E-state index in [1.54, 1.807) is 0 Å². The van der Waals surface area contributed by atoms with Crippen molar-refractivity contribution in [3.8, 4) is 0 Å². The average Bonchev–Trinajstić information content (AvgIpc) is 1.80. The Hall–Kier alpha value is 1.33. The molecule has 0 bridgehead atoms. The molecule has 0 aliphatic heterocycles. The maximum atomic E-state index is 9.99. The van der Waals surface area contributed by atoms with Gasteiger partial charge in [-0.05, 0) is 0 Å². The standard InChI is InChI=1S/C6H9NO6.3Na.H2O/c8-4(9)1-7(2-5(10)11)3-6(12)13;;;;/h1-3H2,(H,8,9)(H,10,11)(H,12,13);;;;1H2/q;3*+1;/p-3. The van der Waals surface area contributed by atoms with E-state index in [0.29, 0.717) is 4.90 Å². The first-order valence-electron chi connectivity index (χ1n) is 3.23. The van der Waals surface area contributed by atoms with E-state index in [1.807, 2.05) is 0 Å². The van der Waals surface area contributed by atoms with Crippen LogP contribution in [-0.2, 0) is 14.4 Å². The van der Waals surface area contributed by atoms with Crippen molar-refractivity contribution in [1.82, 2.24) is 4.90 Å². The van der Waals surface area contributed by atoms with Crippen LogP contribution in [-0.4, -0.2) is 47.9 Å². The number of hydrogen-bond donors (Lipinski definition) is 0. The molecule has 2 N–H and O–H groups in total. The molecule has 0 aliphatic carbocycles. The molecule has 0 aromatic heterocycles. The first-order chi connectivity index (χ1) is 5.91. The summed E-state index contributed by atoms with van der Waals surface area (Å²) >= 11 is 0. The minimum Gasteiger partial charge on any atom is -0.549 e. The minimum atomic E-state index is -1.57. The molecule has 82 valence electrons. The van der Waals surface area contributed by atoms with Gasteiger partial charge in [0, 0.05) is 19.6 Å². The van der Waals surface area contributed by atoms with E-state index in [4.69, 9.17) is 0 Å². The second-order valence-electron chi connectivity index (χ2n) is 2.26. The van der Waals surface area contributed by atoms with Crippen LogP contribution in [0.4, 0.5) is 0 Å². The van der Waals surface area contributed by atoms with Gasteiger partial charge in [-0.3, -0.25) is 4.90 Å². The molecule has 8 nitrogen and oxygen atoms in total. The predicted molar refractivity (Wildman–Crippen MR) is 35.1 cm³/mol. The van der Waals surface area contributed by atoms with E-state index in [-0.39, 0.29) is 94.1 Å². The van der Waals surface area contributed by atoms with E-state index < -0.39 is 37.5 Å². The largest absolute Gasteiger partial charge is 1.00 e. The molecule has 0 aromatic carbocycles. The molecule has 0 aliphatic rings. The Morgan fingerprint density at radius 3 is 1.00 bits per heavy atom. The fourth-order valence-electron chi connectivity index (χ4n) is 0.715. The van der Waals surface area contributed by atoms with Crippen LogP contribution in [0, 0.1) is 0 Å². The van der Waals surface area contributed by atoms with Gasteiger partial charge >= 0.3 is 88.7 Å². The van der Waals surface area contributed by atoms with E-state index in [1.165, 1.54) is 0 Å². The number of nitrogens with zero attached hydrogens (tertiary/aromatic N) is 1. The quantitative estimate of drug-likeness (QED) is 0.435. The Bertz CT molecular complexity index is 200. The molecular weight excluding hydrogens is 267 g/mol. The summed E-state index contributed by atoms with van der Waals surface area (Å²) in [5.74, 6) is -4.70. The smallest absolute Gasteiger partial charge is 0.549 e. The second-order valence-corrected chi connectivity index (χ2v) is 2.26. The van der Waals surface area contributed by atoms with Crippen molar-refractivity contribution < 1.29 is 124 Å². The third kappa shape index (κ3) is 22.9. The zero-order chi connectivity index (χ0) is 10.4. The molecule has 0 aromatic rings. The molecule has 0 fully saturated rings. The third-order valence-electron chi connectivity index (χ3n) is 1.06. The summed E-state index contributed by atoms with van der Waals surface area (Å²) in [7, 11) is 0. The number of carboxylic acid groups (broad SMARTS) is 3. The molecule has 0 unspecified atom stereocenters. The van der Waals surface area contributed by atoms with Gasteiger partial charge < -0.3 is 35.2 Å². The van der Waals surface area contributed by atoms with E-state index in [0.717, 1.165) is 0 Å². The van der Waals surface area contributed by atoms with Gasteiger partial charge in [-0.15, -0.1) is 0 Å². The summed E-state index contributed by atoms with van der Waals surface area (Å²) in [4.78, 5) is 30.6. The number of rotatable bonds is 6. The topological polar surface area (TPSA) is 155 Å². The summed E-state index contributed by atoms with van der Waals surface area (Å²) in [5.41, 5.74) is 0. The second kappa shape index (κ2) is 17.3. The third-order valence-corrected chi connectivity index (χ3v) is 1.06. The van der Waals surface area contributed by atoms with Crippen LogP contribution >= 0.6 is 0 Å². The Balaban J connectivity index is -0.000000120. The maximum absolute atomic E-state index is 9.99. The maximum Gasteiger partial charge on any atom is 1.00 e. The van der Waals surface area contributed by atoms with Crippen LogP contribution in [0.1, 0.15) is 0 Å². The van der Waals surface area contributed by atoms with Gasteiger partial charge in [-0.2, -0.15) is 0 Å². The van der Waals surface area contributed by atoms with Gasteiger partial charge in [-0.1, -0.05) is 0 Å². The van der Waals surface area contributed by atoms with Crippen molar-refractivity contribution in [3.05, 3.63) is 0 Å². The van der Waals surface area contributed by atoms with Gasteiger partial charge in [0.25, 0.3) is 0 Å². The van der Waals surface area contributed by atoms with E-state index in [9.17, 15) is 29.7 Å². The van der Waals surface area contributed by atoms with Crippen molar-refractivity contribution >= 4 is 17.9 Å². The number of carboxylic acids is 3. The number of carbonyl (C=O) groups is 3. The monoisotopic (exact) mass is 275 g/mol. The van der Waals surface area contributed by atoms with Gasteiger partial charge in [0.05, 0.1) is 17.9 Å². The van der Waals surface area contributed by atoms with Crippen LogP contribution < -0.4 is 104 Å². The van der Waals surface area contributed by atoms with Crippen LogP contribution in [0.3, 0.4) is 0 Å². The fourth-order valence-corrected chi connectivity index (χ4v) is 0.715. The molecule has 0 amide bonds. The Morgan fingerprint density at radius 2 is 0.882 bits per heavy atom. The predicted octanol–water partition coefficient (Wildman–Crippen LogP) is -15.3. The first-order valence-corrected chi connectivity index (χ1v) is 3.23. The zero-order valence-electron chi connectivity index (χ0n) is 10.0. The Labute approximate surface area is 164 Å². The van der Waals surface area contributed by atoms with E-state index in [2.05, 4.69) is 0 Å². The molecule has 0 saturated heterocycles. The number of hydrogen-bond acceptors (Lipinski definition) is 7. The molecule has 0 radical (unpaired) electrons. The minimum absolute atomic E-state index is 0. The van der Waals surface area contributed by atoms with E-state index >= 15 is 0 Å². The molecule has 0 atom stereocenters. The first kappa shape index (κ1) is 31.0. The van der Waals surface area contributed by atoms with Gasteiger partial charge in [0.1, 0.15) is 0 Å². The number of carbonyl (C=O) groups excluding carboxylic acids is 3. The molecule has 11 heteroatoms. The summed E-state index contributed by atoms with van der Waals surface area (Å²) in [6.07, 6.45) is 0. The van der Waals surface area contributed by atoms with Gasteiger partial charge in [0.2, 0.25) is 0 Å². The molecular formula is C6H8NNa3O7. The van der Waals surface area contributed by atoms with Crippen molar-refractivity contribution in [2.45, 2.75) is 0 Å². The molecule has 0 heterocycles. The SMILES string of the molecule is O.O=C([O-])CN(CC(=O)[O-])CC(=O)[O-].[Na+].[Na+].[Na+]. The molecule has 17 heavy (non-hydrogen) atoms. The Morgan fingerprint density at radius 1 is 0.706 bits per heavy atom. The summed E-state index contributed by atoms with van der Waals surface area (Å²) < 4.78 is 0. The summed E-state index contributed by atoms with van der Waals surface area (Å²) in [6, 6.07) is 0. The fraction of sp³-hybridized carbons (Fsp3) is 0.500. The molecule has 0 rings (SSSR count). The number of aliphatic carboxylic acids is 3. The van der Waals surface area contributed by atoms with Crippen molar-refractivity contribution in [2.24, 2.45) is 0 Å². The summed E-state index contributed by atoms with van der Waals surface area (Å²) in [6.45, 7) is -2.37. The van der Waals surface area contributed by atoms with Crippen molar-refractivity contribution in [2.75, 3.05) is 19.6 Å². The molecule has 0 saturated carbocycles. The van der Waals surface area contributed by atoms with Crippen molar-refractivity contribution in [1.29, 1.82) is 0 Å². The molecule has 0 spiro atoms. The Kier molecular flexibility index (Phi) is 31.6. The van der Waals surface area contributed by atoms with Crippen molar-refractivity contribution in [3.63, 3.8) is 0 Å². The van der Waals surface area contributed by atoms with Gasteiger partial charge in [0.15, 0.2) is 0 Å². The van der Waals surface area contributed by atoms with Crippen LogP contribution in [0.15, 0.2) is 0 Å². The van der Waals surface area contributed by atoms with Gasteiger partial charge in [-0.25, -0.2) is 0 Å². The van der Waals surface area contributed by atoms with Crippen LogP contribution in [0.5, 0.6) is 0 Å². The van der Waals surface area contributed by atoms with Crippen LogP contribution in [0.2, 0.25) is 0 Å². The normalized spacial score (nSPS) is 7.59.